The van der Waals surface area contributed by atoms with Gasteiger partial charge in [0, 0.05) is 11.4 Å². The van der Waals surface area contributed by atoms with E-state index in [2.05, 4.69) is 0 Å². The number of esters is 2. The summed E-state index contributed by atoms with van der Waals surface area (Å²) < 4.78 is 10.2. The smallest absolute Gasteiger partial charge is 0.341 e. The molecule has 1 atom stereocenters. The topological polar surface area (TPSA) is 113 Å². The largest absolute Gasteiger partial charge is 0.503 e. The Morgan fingerprint density at radius 1 is 0.944 bits per heavy atom. The molecule has 2 aromatic rings. The van der Waals surface area contributed by atoms with Gasteiger partial charge in [-0.15, -0.1) is 0 Å². The van der Waals surface area contributed by atoms with Gasteiger partial charge in [-0.3, -0.25) is 14.5 Å². The van der Waals surface area contributed by atoms with Crippen LogP contribution in [0.25, 0.3) is 0 Å². The van der Waals surface area contributed by atoms with E-state index in [4.69, 9.17) is 9.47 Å². The van der Waals surface area contributed by atoms with Crippen LogP contribution in [-0.4, -0.2) is 53.0 Å². The molecule has 2 aromatic carbocycles. The molecule has 9 heteroatoms. The quantitative estimate of drug-likeness (QED) is 0.620. The maximum absolute atomic E-state index is 14.4. The van der Waals surface area contributed by atoms with Gasteiger partial charge in [-0.05, 0) is 38.5 Å². The standard InChI is InChI=1S/C27H26N2O7/c1-5-36-25(33)20-17(3)28(15-18-9-7-6-8-10-18)26(34)27(20)21(24(32)35-4)22(30)23(31)29(27)19-13-11-16(2)12-14-19/h6-14,30H,5,15H2,1-4H3. The normalized spacial score (nSPS) is 19.6. The van der Waals surface area contributed by atoms with Crippen molar-refractivity contribution in [2.24, 2.45) is 0 Å². The number of rotatable bonds is 6. The molecule has 2 aliphatic heterocycles. The predicted octanol–water partition coefficient (Wildman–Crippen LogP) is 2.95. The van der Waals surface area contributed by atoms with Crippen molar-refractivity contribution in [3.63, 3.8) is 0 Å². The number of allylic oxidation sites excluding steroid dienone is 1. The minimum atomic E-state index is -2.31. The van der Waals surface area contributed by atoms with E-state index < -0.39 is 40.6 Å². The number of methoxy groups -OCH3 is 1. The Morgan fingerprint density at radius 3 is 2.17 bits per heavy atom. The van der Waals surface area contributed by atoms with Crippen molar-refractivity contribution in [2.45, 2.75) is 32.9 Å². The summed E-state index contributed by atoms with van der Waals surface area (Å²) in [6, 6.07) is 15.6. The first-order valence-corrected chi connectivity index (χ1v) is 11.4. The zero-order valence-corrected chi connectivity index (χ0v) is 20.4. The van der Waals surface area contributed by atoms with E-state index in [1.54, 1.807) is 50.2 Å². The Balaban J connectivity index is 2.03. The average Bonchev–Trinajstić information content (AvgIpc) is 3.22. The summed E-state index contributed by atoms with van der Waals surface area (Å²) in [6.07, 6.45) is 0. The molecule has 0 bridgehead atoms. The maximum atomic E-state index is 14.4. The lowest BCUT2D eigenvalue weighted by molar-refractivity contribution is -0.142. The van der Waals surface area contributed by atoms with Gasteiger partial charge in [0.25, 0.3) is 11.8 Å². The lowest BCUT2D eigenvalue weighted by Gasteiger charge is -2.36. The number of aryl methyl sites for hydroxylation is 1. The first-order chi connectivity index (χ1) is 17.2. The van der Waals surface area contributed by atoms with Crippen molar-refractivity contribution in [2.75, 3.05) is 18.6 Å². The predicted molar refractivity (Wildman–Crippen MR) is 129 cm³/mol. The van der Waals surface area contributed by atoms with E-state index >= 15 is 0 Å². The molecule has 4 rings (SSSR count). The second-order valence-corrected chi connectivity index (χ2v) is 8.46. The highest BCUT2D eigenvalue weighted by Crippen LogP contribution is 2.50. The van der Waals surface area contributed by atoms with E-state index in [0.29, 0.717) is 0 Å². The molecule has 0 aliphatic carbocycles. The SMILES string of the molecule is CCOC(=O)C1=C(C)N(Cc2ccccc2)C(=O)C12C(C(=O)OC)=C(O)C(=O)N2c1ccc(C)cc1. The summed E-state index contributed by atoms with van der Waals surface area (Å²) in [6.45, 7) is 5.04. The Bertz CT molecular complexity index is 1310. The molecule has 2 heterocycles. The lowest BCUT2D eigenvalue weighted by atomic mass is 9.82. The molecule has 186 valence electrons. The van der Waals surface area contributed by atoms with Crippen LogP contribution < -0.4 is 4.90 Å². The monoisotopic (exact) mass is 490 g/mol. The van der Waals surface area contributed by atoms with Crippen molar-refractivity contribution in [3.8, 4) is 0 Å². The summed E-state index contributed by atoms with van der Waals surface area (Å²) in [7, 11) is 1.07. The van der Waals surface area contributed by atoms with Crippen molar-refractivity contribution in [1.29, 1.82) is 0 Å². The number of ether oxygens (including phenoxy) is 2. The van der Waals surface area contributed by atoms with Crippen LogP contribution in [0.4, 0.5) is 5.69 Å². The van der Waals surface area contributed by atoms with E-state index in [1.165, 1.54) is 4.90 Å². The fourth-order valence-electron chi connectivity index (χ4n) is 4.75. The Kier molecular flexibility index (Phi) is 6.41. The van der Waals surface area contributed by atoms with Gasteiger partial charge >= 0.3 is 11.9 Å². The molecule has 9 nitrogen and oxygen atoms in total. The fourth-order valence-corrected chi connectivity index (χ4v) is 4.75. The Labute approximate surface area is 208 Å². The first-order valence-electron chi connectivity index (χ1n) is 11.4. The van der Waals surface area contributed by atoms with Gasteiger partial charge in [0.15, 0.2) is 11.3 Å². The van der Waals surface area contributed by atoms with Gasteiger partial charge in [-0.1, -0.05) is 48.0 Å². The fraction of sp³-hybridized carbons (Fsp3) is 0.259. The number of amides is 2. The van der Waals surface area contributed by atoms with Gasteiger partial charge in [-0.2, -0.15) is 0 Å². The molecule has 2 amide bonds. The summed E-state index contributed by atoms with van der Waals surface area (Å²) >= 11 is 0. The molecule has 2 aliphatic rings. The van der Waals surface area contributed by atoms with Crippen molar-refractivity contribution >= 4 is 29.4 Å². The number of hydrogen-bond donors (Lipinski definition) is 1. The van der Waals surface area contributed by atoms with Crippen molar-refractivity contribution in [1.82, 2.24) is 4.90 Å². The zero-order chi connectivity index (χ0) is 26.2. The molecule has 0 saturated heterocycles. The molecule has 1 N–H and O–H groups in total. The van der Waals surface area contributed by atoms with Gasteiger partial charge in [0.2, 0.25) is 0 Å². The molecule has 0 radical (unpaired) electrons. The van der Waals surface area contributed by atoms with Crippen LogP contribution in [0.1, 0.15) is 25.0 Å². The molecule has 36 heavy (non-hydrogen) atoms. The van der Waals surface area contributed by atoms with Crippen LogP contribution in [0.5, 0.6) is 0 Å². The summed E-state index contributed by atoms with van der Waals surface area (Å²) in [4.78, 5) is 56.6. The van der Waals surface area contributed by atoms with Crippen LogP contribution in [0.3, 0.4) is 0 Å². The first kappa shape index (κ1) is 24.7. The number of benzene rings is 2. The summed E-state index contributed by atoms with van der Waals surface area (Å²) in [5.41, 5.74) is -1.13. The number of hydrogen-bond acceptors (Lipinski definition) is 7. The number of aliphatic hydroxyl groups is 1. The van der Waals surface area contributed by atoms with Crippen LogP contribution in [-0.2, 0) is 35.2 Å². The molecular weight excluding hydrogens is 464 g/mol. The summed E-state index contributed by atoms with van der Waals surface area (Å²) in [5.74, 6) is -4.74. The second-order valence-electron chi connectivity index (χ2n) is 8.46. The van der Waals surface area contributed by atoms with E-state index in [1.807, 2.05) is 25.1 Å². The van der Waals surface area contributed by atoms with Gasteiger partial charge < -0.3 is 19.5 Å². The van der Waals surface area contributed by atoms with Crippen LogP contribution in [0.15, 0.2) is 77.2 Å². The third-order valence-corrected chi connectivity index (χ3v) is 6.37. The number of carbonyl (C=O) groups is 4. The molecule has 1 spiro atoms. The van der Waals surface area contributed by atoms with Gasteiger partial charge in [0.1, 0.15) is 5.57 Å². The van der Waals surface area contributed by atoms with Crippen molar-refractivity contribution in [3.05, 3.63) is 88.3 Å². The highest BCUT2D eigenvalue weighted by atomic mass is 16.5. The minimum absolute atomic E-state index is 0.0136. The van der Waals surface area contributed by atoms with Crippen molar-refractivity contribution < 1.29 is 33.8 Å². The number of nitrogens with zero attached hydrogens (tertiary/aromatic N) is 2. The minimum Gasteiger partial charge on any atom is -0.503 e. The number of anilines is 1. The zero-order valence-electron chi connectivity index (χ0n) is 20.4. The van der Waals surface area contributed by atoms with E-state index in [-0.39, 0.29) is 30.1 Å². The van der Waals surface area contributed by atoms with E-state index in [9.17, 15) is 24.3 Å². The maximum Gasteiger partial charge on any atom is 0.341 e. The summed E-state index contributed by atoms with van der Waals surface area (Å²) in [5, 5.41) is 10.9. The lowest BCUT2D eigenvalue weighted by Crippen LogP contribution is -2.59. The molecule has 0 saturated carbocycles. The highest BCUT2D eigenvalue weighted by Gasteiger charge is 2.69. The second kappa shape index (κ2) is 9.33. The van der Waals surface area contributed by atoms with Crippen LogP contribution in [0.2, 0.25) is 0 Å². The number of carbonyl (C=O) groups excluding carboxylic acids is 4. The molecule has 1 unspecified atom stereocenters. The third-order valence-electron chi connectivity index (χ3n) is 6.37. The van der Waals surface area contributed by atoms with Crippen LogP contribution >= 0.6 is 0 Å². The molecule has 0 aromatic heterocycles. The van der Waals surface area contributed by atoms with Gasteiger partial charge in [-0.25, -0.2) is 9.59 Å². The van der Waals surface area contributed by atoms with E-state index in [0.717, 1.165) is 23.1 Å². The molecular formula is C27H26N2O7. The average molecular weight is 491 g/mol. The Morgan fingerprint density at radius 2 is 1.58 bits per heavy atom. The molecule has 0 fully saturated rings. The number of aliphatic hydroxyl groups excluding tert-OH is 1. The highest BCUT2D eigenvalue weighted by molar-refractivity contribution is 6.29. The van der Waals surface area contributed by atoms with Gasteiger partial charge in [0.05, 0.1) is 25.8 Å². The Hall–Kier alpha value is -4.40. The van der Waals surface area contributed by atoms with Crippen LogP contribution in [0, 0.1) is 6.92 Å². The third kappa shape index (κ3) is 3.55.